The Kier molecular flexibility index (Phi) is 4.97. The van der Waals surface area contributed by atoms with E-state index in [4.69, 9.17) is 22.0 Å². The highest BCUT2D eigenvalue weighted by Gasteiger charge is 2.10. The molecule has 0 unspecified atom stereocenters. The van der Waals surface area contributed by atoms with Crippen molar-refractivity contribution in [3.05, 3.63) is 53.3 Å². The van der Waals surface area contributed by atoms with Gasteiger partial charge in [-0.15, -0.1) is 0 Å². The number of aromatic nitrogens is 2. The van der Waals surface area contributed by atoms with Crippen molar-refractivity contribution in [1.82, 2.24) is 9.78 Å². The van der Waals surface area contributed by atoms with E-state index in [-0.39, 0.29) is 6.54 Å². The fourth-order valence-corrected chi connectivity index (χ4v) is 2.28. The number of nitriles is 1. The van der Waals surface area contributed by atoms with Gasteiger partial charge in [0.05, 0.1) is 12.3 Å². The van der Waals surface area contributed by atoms with E-state index in [1.165, 1.54) is 4.68 Å². The number of benzene rings is 1. The standard InChI is InChI=1S/C16H14ClN3O2/c1-11(7-18)2-3-12-4-5-14(17)6-15(12)13-8-19-20(9-13)10-16(21)22/h4-6,8-9H,1-3,10H2,(H,21,22). The van der Waals surface area contributed by atoms with Crippen molar-refractivity contribution in [3.63, 3.8) is 0 Å². The van der Waals surface area contributed by atoms with E-state index in [9.17, 15) is 4.79 Å². The van der Waals surface area contributed by atoms with Gasteiger partial charge in [-0.1, -0.05) is 24.2 Å². The van der Waals surface area contributed by atoms with Crippen LogP contribution < -0.4 is 0 Å². The van der Waals surface area contributed by atoms with Crippen molar-refractivity contribution in [2.24, 2.45) is 0 Å². The highest BCUT2D eigenvalue weighted by atomic mass is 35.5. The molecule has 1 N–H and O–H groups in total. The van der Waals surface area contributed by atoms with E-state index < -0.39 is 5.97 Å². The summed E-state index contributed by atoms with van der Waals surface area (Å²) in [5.41, 5.74) is 3.20. The van der Waals surface area contributed by atoms with E-state index in [0.29, 0.717) is 23.4 Å². The molecule has 6 heteroatoms. The number of carboxylic acids is 1. The molecule has 0 radical (unpaired) electrons. The first kappa shape index (κ1) is 15.8. The summed E-state index contributed by atoms with van der Waals surface area (Å²) in [5, 5.41) is 22.2. The second kappa shape index (κ2) is 6.92. The van der Waals surface area contributed by atoms with Crippen LogP contribution in [0, 0.1) is 11.3 Å². The molecule has 0 fully saturated rings. The molecule has 0 aliphatic rings. The summed E-state index contributed by atoms with van der Waals surface area (Å²) in [4.78, 5) is 10.7. The molecule has 2 rings (SSSR count). The van der Waals surface area contributed by atoms with E-state index in [0.717, 1.165) is 16.7 Å². The average molecular weight is 316 g/mol. The second-order valence-corrected chi connectivity index (χ2v) is 5.27. The minimum Gasteiger partial charge on any atom is -0.480 e. The highest BCUT2D eigenvalue weighted by molar-refractivity contribution is 6.30. The second-order valence-electron chi connectivity index (χ2n) is 4.84. The zero-order valence-electron chi connectivity index (χ0n) is 11.8. The fourth-order valence-electron chi connectivity index (χ4n) is 2.10. The Morgan fingerprint density at radius 2 is 2.27 bits per heavy atom. The zero-order chi connectivity index (χ0) is 16.1. The summed E-state index contributed by atoms with van der Waals surface area (Å²) in [6, 6.07) is 7.53. The molecule has 2 aromatic rings. The first-order chi connectivity index (χ1) is 10.5. The van der Waals surface area contributed by atoms with Gasteiger partial charge in [-0.2, -0.15) is 10.4 Å². The fraction of sp³-hybridized carbons (Fsp3) is 0.188. The molecule has 0 aliphatic heterocycles. The summed E-state index contributed by atoms with van der Waals surface area (Å²) in [7, 11) is 0. The number of aryl methyl sites for hydroxylation is 1. The van der Waals surface area contributed by atoms with Crippen LogP contribution in [0.3, 0.4) is 0 Å². The summed E-state index contributed by atoms with van der Waals surface area (Å²) >= 11 is 6.06. The summed E-state index contributed by atoms with van der Waals surface area (Å²) in [6.07, 6.45) is 4.50. The van der Waals surface area contributed by atoms with Crippen LogP contribution in [0.2, 0.25) is 5.02 Å². The Morgan fingerprint density at radius 1 is 1.50 bits per heavy atom. The topological polar surface area (TPSA) is 78.9 Å². The summed E-state index contributed by atoms with van der Waals surface area (Å²) in [6.45, 7) is 3.48. The molecule has 1 aromatic carbocycles. The third-order valence-electron chi connectivity index (χ3n) is 3.17. The van der Waals surface area contributed by atoms with Gasteiger partial charge in [0.25, 0.3) is 0 Å². The Labute approximate surface area is 133 Å². The monoisotopic (exact) mass is 315 g/mol. The van der Waals surface area contributed by atoms with Crippen LogP contribution in [0.1, 0.15) is 12.0 Å². The SMILES string of the molecule is C=C(C#N)CCc1ccc(Cl)cc1-c1cnn(CC(=O)O)c1. The Morgan fingerprint density at radius 3 is 2.95 bits per heavy atom. The van der Waals surface area contributed by atoms with Crippen LogP contribution in [-0.2, 0) is 17.8 Å². The van der Waals surface area contributed by atoms with E-state index in [1.807, 2.05) is 18.2 Å². The predicted octanol–water partition coefficient (Wildman–Crippen LogP) is 3.30. The Bertz CT molecular complexity index is 759. The smallest absolute Gasteiger partial charge is 0.325 e. The molecule has 0 saturated carbocycles. The number of aliphatic carboxylic acids is 1. The van der Waals surface area contributed by atoms with Gasteiger partial charge >= 0.3 is 5.97 Å². The summed E-state index contributed by atoms with van der Waals surface area (Å²) < 4.78 is 1.36. The number of hydrogen-bond acceptors (Lipinski definition) is 3. The van der Waals surface area contributed by atoms with Gasteiger partial charge < -0.3 is 5.11 Å². The van der Waals surface area contributed by atoms with Gasteiger partial charge in [-0.05, 0) is 36.1 Å². The summed E-state index contributed by atoms with van der Waals surface area (Å²) in [5.74, 6) is -0.953. The highest BCUT2D eigenvalue weighted by Crippen LogP contribution is 2.28. The average Bonchev–Trinajstić information content (AvgIpc) is 2.93. The molecule has 0 atom stereocenters. The lowest BCUT2D eigenvalue weighted by Crippen LogP contribution is -2.08. The van der Waals surface area contributed by atoms with Crippen LogP contribution >= 0.6 is 11.6 Å². The molecule has 5 nitrogen and oxygen atoms in total. The van der Waals surface area contributed by atoms with Crippen LogP contribution in [0.15, 0.2) is 42.7 Å². The maximum absolute atomic E-state index is 10.7. The molecule has 1 heterocycles. The molecule has 0 aliphatic carbocycles. The maximum atomic E-state index is 10.7. The number of halogens is 1. The van der Waals surface area contributed by atoms with E-state index in [2.05, 4.69) is 11.7 Å². The van der Waals surface area contributed by atoms with Crippen molar-refractivity contribution in [3.8, 4) is 17.2 Å². The van der Waals surface area contributed by atoms with E-state index >= 15 is 0 Å². The van der Waals surface area contributed by atoms with Gasteiger partial charge in [-0.3, -0.25) is 9.48 Å². The molecule has 1 aromatic heterocycles. The molecular formula is C16H14ClN3O2. The molecular weight excluding hydrogens is 302 g/mol. The van der Waals surface area contributed by atoms with Crippen molar-refractivity contribution >= 4 is 17.6 Å². The minimum absolute atomic E-state index is 0.193. The molecule has 112 valence electrons. The van der Waals surface area contributed by atoms with Crippen LogP contribution in [0.5, 0.6) is 0 Å². The van der Waals surface area contributed by atoms with Crippen molar-refractivity contribution in [1.29, 1.82) is 5.26 Å². The molecule has 0 saturated heterocycles. The largest absolute Gasteiger partial charge is 0.480 e. The van der Waals surface area contributed by atoms with Gasteiger partial charge in [0.1, 0.15) is 6.54 Å². The van der Waals surface area contributed by atoms with Gasteiger partial charge in [-0.25, -0.2) is 0 Å². The normalized spacial score (nSPS) is 10.2. The maximum Gasteiger partial charge on any atom is 0.325 e. The van der Waals surface area contributed by atoms with Gasteiger partial charge in [0, 0.05) is 22.4 Å². The molecule has 0 spiro atoms. The lowest BCUT2D eigenvalue weighted by atomic mass is 9.97. The predicted molar refractivity (Wildman–Crippen MR) is 83.4 cm³/mol. The van der Waals surface area contributed by atoms with E-state index in [1.54, 1.807) is 18.5 Å². The number of hydrogen-bond donors (Lipinski definition) is 1. The number of allylic oxidation sites excluding steroid dienone is 1. The number of carbonyl (C=O) groups is 1. The van der Waals surface area contributed by atoms with Gasteiger partial charge in [0.2, 0.25) is 0 Å². The molecule has 22 heavy (non-hydrogen) atoms. The van der Waals surface area contributed by atoms with Crippen LogP contribution in [-0.4, -0.2) is 20.9 Å². The first-order valence-corrected chi connectivity index (χ1v) is 6.98. The van der Waals surface area contributed by atoms with Gasteiger partial charge in [0.15, 0.2) is 0 Å². The van der Waals surface area contributed by atoms with Crippen molar-refractivity contribution < 1.29 is 9.90 Å². The quantitative estimate of drug-likeness (QED) is 0.829. The third kappa shape index (κ3) is 3.96. The lowest BCUT2D eigenvalue weighted by molar-refractivity contribution is -0.137. The zero-order valence-corrected chi connectivity index (χ0v) is 12.5. The Hall–Kier alpha value is -2.58. The van der Waals surface area contributed by atoms with Crippen LogP contribution in [0.4, 0.5) is 0 Å². The minimum atomic E-state index is -0.953. The number of nitrogens with zero attached hydrogens (tertiary/aromatic N) is 3. The Balaban J connectivity index is 2.30. The van der Waals surface area contributed by atoms with Crippen LogP contribution in [0.25, 0.3) is 11.1 Å². The number of rotatable bonds is 6. The van der Waals surface area contributed by atoms with Crippen molar-refractivity contribution in [2.45, 2.75) is 19.4 Å². The number of carboxylic acid groups (broad SMARTS) is 1. The first-order valence-electron chi connectivity index (χ1n) is 6.60. The third-order valence-corrected chi connectivity index (χ3v) is 3.40. The lowest BCUT2D eigenvalue weighted by Gasteiger charge is -2.08. The molecule has 0 bridgehead atoms. The molecule has 0 amide bonds. The van der Waals surface area contributed by atoms with Crippen molar-refractivity contribution in [2.75, 3.05) is 0 Å².